The van der Waals surface area contributed by atoms with E-state index in [1.807, 2.05) is 14.0 Å². The number of rotatable bonds is 8. The molecule has 4 nitrogen and oxygen atoms in total. The Morgan fingerprint density at radius 1 is 1.08 bits per heavy atom. The smallest absolute Gasteiger partial charge is 0.191 e. The Morgan fingerprint density at radius 3 is 2.54 bits per heavy atom. The van der Waals surface area contributed by atoms with Crippen LogP contribution in [-0.4, -0.2) is 24.5 Å². The lowest BCUT2D eigenvalue weighted by Crippen LogP contribution is -2.37. The molecule has 0 fully saturated rings. The average Bonchev–Trinajstić information content (AvgIpc) is 2.92. The van der Waals surface area contributed by atoms with Gasteiger partial charge >= 0.3 is 0 Å². The van der Waals surface area contributed by atoms with Crippen molar-refractivity contribution in [2.45, 2.75) is 46.1 Å². The molecule has 0 atom stereocenters. The van der Waals surface area contributed by atoms with Crippen LogP contribution in [-0.2, 0) is 13.0 Å². The number of aryl methyl sites for hydroxylation is 3. The minimum atomic E-state index is 0.783. The second-order valence-electron chi connectivity index (χ2n) is 5.89. The quantitative estimate of drug-likeness (QED) is 0.434. The third-order valence-electron chi connectivity index (χ3n) is 3.92. The molecule has 5 heteroatoms. The van der Waals surface area contributed by atoms with Gasteiger partial charge in [-0.05, 0) is 38.7 Å². The van der Waals surface area contributed by atoms with Crippen LogP contribution in [0.5, 0.6) is 0 Å². The first kappa shape index (κ1) is 18.5. The normalized spacial score (nSPS) is 11.5. The molecule has 2 aromatic rings. The standard InChI is InChI=1S/C19H28N4S/c1-15-18(24-16(2)23-15)14-22-19(20-3)21-13-9-5-8-12-17-10-6-4-7-11-17/h4,6-7,10-11H,5,8-9,12-14H2,1-3H3,(H2,20,21,22). The van der Waals surface area contributed by atoms with Gasteiger partial charge in [0.05, 0.1) is 17.2 Å². The van der Waals surface area contributed by atoms with Crippen molar-refractivity contribution in [1.82, 2.24) is 15.6 Å². The zero-order valence-electron chi connectivity index (χ0n) is 14.9. The van der Waals surface area contributed by atoms with Crippen LogP contribution >= 0.6 is 11.3 Å². The molecular formula is C19H28N4S. The highest BCUT2D eigenvalue weighted by Gasteiger charge is 2.05. The van der Waals surface area contributed by atoms with Crippen LogP contribution in [0.4, 0.5) is 0 Å². The number of thiazole rings is 1. The predicted molar refractivity (Wildman–Crippen MR) is 104 cm³/mol. The number of unbranched alkanes of at least 4 members (excludes halogenated alkanes) is 2. The van der Waals surface area contributed by atoms with E-state index in [1.54, 1.807) is 11.3 Å². The Bertz CT molecular complexity index is 634. The maximum absolute atomic E-state index is 4.45. The summed E-state index contributed by atoms with van der Waals surface area (Å²) in [4.78, 5) is 10.0. The Kier molecular flexibility index (Phi) is 7.75. The van der Waals surface area contributed by atoms with Crippen molar-refractivity contribution in [2.24, 2.45) is 4.99 Å². The fourth-order valence-corrected chi connectivity index (χ4v) is 3.48. The summed E-state index contributed by atoms with van der Waals surface area (Å²) in [6, 6.07) is 10.7. The molecule has 0 radical (unpaired) electrons. The lowest BCUT2D eigenvalue weighted by molar-refractivity contribution is 0.656. The van der Waals surface area contributed by atoms with E-state index in [4.69, 9.17) is 0 Å². The van der Waals surface area contributed by atoms with Gasteiger partial charge in [0.15, 0.2) is 5.96 Å². The summed E-state index contributed by atoms with van der Waals surface area (Å²) in [7, 11) is 1.81. The van der Waals surface area contributed by atoms with E-state index in [9.17, 15) is 0 Å². The first-order chi connectivity index (χ1) is 11.7. The average molecular weight is 345 g/mol. The third kappa shape index (κ3) is 6.32. The van der Waals surface area contributed by atoms with Crippen LogP contribution in [0.25, 0.3) is 0 Å². The fourth-order valence-electron chi connectivity index (χ4n) is 2.60. The second-order valence-corrected chi connectivity index (χ2v) is 7.18. The Morgan fingerprint density at radius 2 is 1.88 bits per heavy atom. The number of benzene rings is 1. The molecule has 24 heavy (non-hydrogen) atoms. The van der Waals surface area contributed by atoms with Crippen molar-refractivity contribution in [3.05, 3.63) is 51.5 Å². The molecule has 130 valence electrons. The monoisotopic (exact) mass is 344 g/mol. The van der Waals surface area contributed by atoms with Gasteiger partial charge in [-0.25, -0.2) is 4.98 Å². The van der Waals surface area contributed by atoms with Gasteiger partial charge in [-0.3, -0.25) is 4.99 Å². The van der Waals surface area contributed by atoms with Crippen LogP contribution in [0.1, 0.15) is 40.4 Å². The summed E-state index contributed by atoms with van der Waals surface area (Å²) in [6.45, 7) is 5.84. The topological polar surface area (TPSA) is 49.3 Å². The molecule has 0 aliphatic heterocycles. The largest absolute Gasteiger partial charge is 0.356 e. The Hall–Kier alpha value is -1.88. The summed E-state index contributed by atoms with van der Waals surface area (Å²) < 4.78 is 0. The van der Waals surface area contributed by atoms with Gasteiger partial charge in [0, 0.05) is 18.5 Å². The maximum Gasteiger partial charge on any atom is 0.191 e. The molecule has 2 rings (SSSR count). The van der Waals surface area contributed by atoms with Gasteiger partial charge in [0.2, 0.25) is 0 Å². The summed E-state index contributed by atoms with van der Waals surface area (Å²) in [5.41, 5.74) is 2.54. The van der Waals surface area contributed by atoms with Crippen molar-refractivity contribution in [3.8, 4) is 0 Å². The minimum absolute atomic E-state index is 0.783. The highest BCUT2D eigenvalue weighted by Crippen LogP contribution is 2.16. The van der Waals surface area contributed by atoms with E-state index in [2.05, 4.69) is 57.9 Å². The number of nitrogens with zero attached hydrogens (tertiary/aromatic N) is 2. The highest BCUT2D eigenvalue weighted by atomic mass is 32.1. The lowest BCUT2D eigenvalue weighted by Gasteiger charge is -2.11. The number of nitrogens with one attached hydrogen (secondary N) is 2. The van der Waals surface area contributed by atoms with Gasteiger partial charge in [0.25, 0.3) is 0 Å². The third-order valence-corrected chi connectivity index (χ3v) is 4.99. The summed E-state index contributed by atoms with van der Waals surface area (Å²) in [5, 5.41) is 7.87. The molecule has 0 aliphatic carbocycles. The fraction of sp³-hybridized carbons (Fsp3) is 0.474. The van der Waals surface area contributed by atoms with E-state index in [0.29, 0.717) is 0 Å². The number of guanidine groups is 1. The maximum atomic E-state index is 4.45. The minimum Gasteiger partial charge on any atom is -0.356 e. The van der Waals surface area contributed by atoms with Gasteiger partial charge < -0.3 is 10.6 Å². The van der Waals surface area contributed by atoms with Crippen molar-refractivity contribution in [1.29, 1.82) is 0 Å². The molecule has 0 saturated heterocycles. The number of hydrogen-bond donors (Lipinski definition) is 2. The van der Waals surface area contributed by atoms with Crippen molar-refractivity contribution >= 4 is 17.3 Å². The summed E-state index contributed by atoms with van der Waals surface area (Å²) in [5.74, 6) is 0.864. The molecule has 1 aromatic carbocycles. The van der Waals surface area contributed by atoms with Crippen LogP contribution in [0, 0.1) is 13.8 Å². The first-order valence-corrected chi connectivity index (χ1v) is 9.42. The SMILES string of the molecule is CN=C(NCCCCCc1ccccc1)NCc1sc(C)nc1C. The molecular weight excluding hydrogens is 316 g/mol. The van der Waals surface area contributed by atoms with Crippen LogP contribution < -0.4 is 10.6 Å². The van der Waals surface area contributed by atoms with E-state index in [0.717, 1.165) is 42.6 Å². The summed E-state index contributed by atoms with van der Waals surface area (Å²) in [6.07, 6.45) is 4.78. The van der Waals surface area contributed by atoms with Gasteiger partial charge in [-0.15, -0.1) is 11.3 Å². The second kappa shape index (κ2) is 10.1. The molecule has 1 heterocycles. The van der Waals surface area contributed by atoms with Gasteiger partial charge in [-0.1, -0.05) is 36.8 Å². The lowest BCUT2D eigenvalue weighted by atomic mass is 10.1. The molecule has 0 unspecified atom stereocenters. The van der Waals surface area contributed by atoms with E-state index >= 15 is 0 Å². The number of aromatic nitrogens is 1. The van der Waals surface area contributed by atoms with E-state index in [-0.39, 0.29) is 0 Å². The Balaban J connectivity index is 1.59. The van der Waals surface area contributed by atoms with Crippen LogP contribution in [0.15, 0.2) is 35.3 Å². The molecule has 0 amide bonds. The van der Waals surface area contributed by atoms with Crippen molar-refractivity contribution < 1.29 is 0 Å². The predicted octanol–water partition coefficient (Wildman–Crippen LogP) is 3.84. The highest BCUT2D eigenvalue weighted by molar-refractivity contribution is 7.11. The van der Waals surface area contributed by atoms with Gasteiger partial charge in [-0.2, -0.15) is 0 Å². The number of aliphatic imine (C=N–C) groups is 1. The van der Waals surface area contributed by atoms with E-state index < -0.39 is 0 Å². The molecule has 2 N–H and O–H groups in total. The molecule has 0 spiro atoms. The molecule has 1 aromatic heterocycles. The van der Waals surface area contributed by atoms with Crippen LogP contribution in [0.2, 0.25) is 0 Å². The summed E-state index contributed by atoms with van der Waals surface area (Å²) >= 11 is 1.74. The zero-order chi connectivity index (χ0) is 17.2. The Labute approximate surface area is 149 Å². The van der Waals surface area contributed by atoms with Crippen molar-refractivity contribution in [3.63, 3.8) is 0 Å². The van der Waals surface area contributed by atoms with Crippen LogP contribution in [0.3, 0.4) is 0 Å². The molecule has 0 aliphatic rings. The van der Waals surface area contributed by atoms with E-state index in [1.165, 1.54) is 23.3 Å². The van der Waals surface area contributed by atoms with Gasteiger partial charge in [0.1, 0.15) is 0 Å². The molecule has 0 saturated carbocycles. The number of hydrogen-bond acceptors (Lipinski definition) is 3. The van der Waals surface area contributed by atoms with Crippen molar-refractivity contribution in [2.75, 3.05) is 13.6 Å². The zero-order valence-corrected chi connectivity index (χ0v) is 15.7. The first-order valence-electron chi connectivity index (χ1n) is 8.60. The molecule has 0 bridgehead atoms.